The maximum absolute atomic E-state index is 12.1. The Balaban J connectivity index is 2.16. The van der Waals surface area contributed by atoms with Crippen molar-refractivity contribution in [2.45, 2.75) is 13.0 Å². The number of nitrogens with zero attached hydrogens (tertiary/aromatic N) is 4. The van der Waals surface area contributed by atoms with Gasteiger partial charge in [-0.15, -0.1) is 0 Å². The Bertz CT molecular complexity index is 902. The number of rotatable bonds is 0. The summed E-state index contributed by atoms with van der Waals surface area (Å²) in [5, 5.41) is 22.1. The molecule has 7 nitrogen and oxygen atoms in total. The molecule has 0 spiro atoms. The molecule has 1 N–H and O–H groups in total. The Labute approximate surface area is 119 Å². The van der Waals surface area contributed by atoms with Gasteiger partial charge >= 0.3 is 6.09 Å². The fraction of sp³-hybridized carbons (Fsp3) is 0.214. The number of pyridine rings is 1. The highest BCUT2D eigenvalue weighted by Crippen LogP contribution is 2.35. The largest absolute Gasteiger partial charge is 0.618 e. The van der Waals surface area contributed by atoms with Crippen molar-refractivity contribution in [3.05, 3.63) is 35.7 Å². The Morgan fingerprint density at radius 1 is 1.48 bits per heavy atom. The molecule has 1 aromatic carbocycles. The van der Waals surface area contributed by atoms with E-state index in [9.17, 15) is 15.1 Å². The molecule has 3 heterocycles. The zero-order chi connectivity index (χ0) is 14.7. The van der Waals surface area contributed by atoms with Crippen molar-refractivity contribution in [2.24, 2.45) is 0 Å². The van der Waals surface area contributed by atoms with Gasteiger partial charge in [0.25, 0.3) is 0 Å². The van der Waals surface area contributed by atoms with Crippen LogP contribution in [0.1, 0.15) is 13.0 Å². The van der Waals surface area contributed by atoms with Gasteiger partial charge in [0.15, 0.2) is 5.52 Å². The minimum absolute atomic E-state index is 0.0213. The number of anilines is 1. The van der Waals surface area contributed by atoms with Gasteiger partial charge in [0.05, 0.1) is 23.5 Å². The monoisotopic (exact) mass is 284 g/mol. The molecule has 1 aliphatic heterocycles. The summed E-state index contributed by atoms with van der Waals surface area (Å²) < 4.78 is 2.67. The molecule has 0 radical (unpaired) electrons. The van der Waals surface area contributed by atoms with E-state index in [4.69, 9.17) is 0 Å². The molecule has 1 aliphatic rings. The lowest BCUT2D eigenvalue weighted by molar-refractivity contribution is -0.575. The molecule has 0 unspecified atom stereocenters. The van der Waals surface area contributed by atoms with E-state index in [1.165, 1.54) is 11.1 Å². The number of aromatic nitrogens is 3. The van der Waals surface area contributed by atoms with Crippen molar-refractivity contribution in [3.8, 4) is 0 Å². The van der Waals surface area contributed by atoms with Crippen molar-refractivity contribution >= 4 is 34.0 Å². The number of amides is 1. The molecule has 0 bridgehead atoms. The first-order chi connectivity index (χ1) is 10.1. The number of imidazole rings is 1. The van der Waals surface area contributed by atoms with Gasteiger partial charge < -0.3 is 14.9 Å². The van der Waals surface area contributed by atoms with Crippen molar-refractivity contribution in [3.63, 3.8) is 0 Å². The van der Waals surface area contributed by atoms with E-state index in [1.807, 2.05) is 23.6 Å². The van der Waals surface area contributed by atoms with Gasteiger partial charge in [-0.3, -0.25) is 0 Å². The lowest BCUT2D eigenvalue weighted by Gasteiger charge is -2.09. The Morgan fingerprint density at radius 3 is 3.00 bits per heavy atom. The average Bonchev–Trinajstić information content (AvgIpc) is 2.97. The topological polar surface area (TPSA) is 85.3 Å². The summed E-state index contributed by atoms with van der Waals surface area (Å²) in [6.07, 6.45) is 0.366. The first kappa shape index (κ1) is 12.0. The van der Waals surface area contributed by atoms with Gasteiger partial charge in [0.1, 0.15) is 0 Å². The maximum atomic E-state index is 12.1. The quantitative estimate of drug-likeness (QED) is 0.504. The summed E-state index contributed by atoms with van der Waals surface area (Å²) in [5.74, 6) is 0.376. The Hall–Kier alpha value is -2.83. The molecule has 2 aromatic heterocycles. The molecular weight excluding hydrogens is 272 g/mol. The number of hydrogen-bond acceptors (Lipinski definition) is 3. The van der Waals surface area contributed by atoms with Crippen molar-refractivity contribution in [1.82, 2.24) is 9.55 Å². The second kappa shape index (κ2) is 3.85. The summed E-state index contributed by atoms with van der Waals surface area (Å²) in [5.41, 5.74) is 1.87. The van der Waals surface area contributed by atoms with E-state index in [0.29, 0.717) is 23.5 Å². The van der Waals surface area contributed by atoms with Gasteiger partial charge in [-0.05, 0) is 13.0 Å². The van der Waals surface area contributed by atoms with Crippen molar-refractivity contribution in [1.29, 1.82) is 0 Å². The molecule has 0 saturated carbocycles. The summed E-state index contributed by atoms with van der Waals surface area (Å²) in [7, 11) is 0. The maximum Gasteiger partial charge on any atom is 0.414 e. The van der Waals surface area contributed by atoms with Gasteiger partial charge in [-0.1, -0.05) is 12.1 Å². The Kier molecular flexibility index (Phi) is 2.19. The van der Waals surface area contributed by atoms with Crippen LogP contribution in [0.4, 0.5) is 10.7 Å². The second-order valence-electron chi connectivity index (χ2n) is 5.23. The number of carboxylic acid groups (broad SMARTS) is 1. The molecule has 3 aromatic rings. The molecule has 21 heavy (non-hydrogen) atoms. The smallest absolute Gasteiger partial charge is 0.414 e. The third-order valence-corrected chi connectivity index (χ3v) is 3.92. The van der Waals surface area contributed by atoms with E-state index in [1.54, 1.807) is 12.1 Å². The van der Waals surface area contributed by atoms with E-state index >= 15 is 0 Å². The fourth-order valence-electron chi connectivity index (χ4n) is 3.04. The van der Waals surface area contributed by atoms with Crippen molar-refractivity contribution in [2.75, 3.05) is 11.4 Å². The lowest BCUT2D eigenvalue weighted by atomic mass is 10.2. The Morgan fingerprint density at radius 2 is 2.24 bits per heavy atom. The minimum atomic E-state index is -1.03. The molecule has 0 saturated heterocycles. The van der Waals surface area contributed by atoms with Crippen LogP contribution in [-0.2, 0) is 0 Å². The van der Waals surface area contributed by atoms with Crippen molar-refractivity contribution < 1.29 is 14.6 Å². The first-order valence-corrected chi connectivity index (χ1v) is 6.61. The standard InChI is InChI=1S/C14H12N4O3/c1-8-6-16(14(19)20)13-15-10-7-17(21)11-5-3-2-4-9(11)12(10)18(8)13/h2-5,7-8H,6H2,1H3,(H,19,20)/t8-/m0/s1. The van der Waals surface area contributed by atoms with Crippen LogP contribution in [0.5, 0.6) is 0 Å². The lowest BCUT2D eigenvalue weighted by Crippen LogP contribution is -2.28. The van der Waals surface area contributed by atoms with E-state index in [2.05, 4.69) is 4.98 Å². The highest BCUT2D eigenvalue weighted by molar-refractivity contribution is 6.03. The van der Waals surface area contributed by atoms with Crippen LogP contribution in [0.3, 0.4) is 0 Å². The third kappa shape index (κ3) is 1.45. The molecule has 1 atom stereocenters. The van der Waals surface area contributed by atoms with Crippen LogP contribution in [0.2, 0.25) is 0 Å². The summed E-state index contributed by atoms with van der Waals surface area (Å²) in [4.78, 5) is 16.9. The molecule has 1 amide bonds. The number of fused-ring (bicyclic) bond motifs is 5. The summed E-state index contributed by atoms with van der Waals surface area (Å²) >= 11 is 0. The van der Waals surface area contributed by atoms with E-state index < -0.39 is 6.09 Å². The van der Waals surface area contributed by atoms with E-state index in [-0.39, 0.29) is 6.04 Å². The van der Waals surface area contributed by atoms with Crippen LogP contribution in [0.15, 0.2) is 30.5 Å². The first-order valence-electron chi connectivity index (χ1n) is 6.61. The molecule has 0 aliphatic carbocycles. The predicted molar refractivity (Wildman–Crippen MR) is 76.3 cm³/mol. The fourth-order valence-corrected chi connectivity index (χ4v) is 3.04. The number of carbonyl (C=O) groups is 1. The van der Waals surface area contributed by atoms with Gasteiger partial charge in [-0.2, -0.15) is 4.73 Å². The summed E-state index contributed by atoms with van der Waals surface area (Å²) in [6, 6.07) is 7.24. The average molecular weight is 284 g/mol. The predicted octanol–water partition coefficient (Wildman–Crippen LogP) is 1.88. The van der Waals surface area contributed by atoms with Gasteiger partial charge in [-0.25, -0.2) is 14.7 Å². The molecule has 0 fully saturated rings. The highest BCUT2D eigenvalue weighted by atomic mass is 16.5. The van der Waals surface area contributed by atoms with Gasteiger partial charge in [0, 0.05) is 6.07 Å². The summed E-state index contributed by atoms with van der Waals surface area (Å²) in [6.45, 7) is 2.31. The normalized spacial score (nSPS) is 17.6. The van der Waals surface area contributed by atoms with Crippen LogP contribution >= 0.6 is 0 Å². The molecular formula is C14H12N4O3. The number of para-hydroxylation sites is 1. The van der Waals surface area contributed by atoms with Crippen LogP contribution in [0, 0.1) is 5.21 Å². The highest BCUT2D eigenvalue weighted by Gasteiger charge is 2.34. The number of hydrogen-bond donors (Lipinski definition) is 1. The van der Waals surface area contributed by atoms with Gasteiger partial charge in [0.2, 0.25) is 17.7 Å². The second-order valence-corrected chi connectivity index (χ2v) is 5.23. The third-order valence-electron chi connectivity index (χ3n) is 3.92. The zero-order valence-corrected chi connectivity index (χ0v) is 11.2. The van der Waals surface area contributed by atoms with Crippen LogP contribution in [0.25, 0.3) is 21.9 Å². The molecule has 4 rings (SSSR count). The number of benzene rings is 1. The molecule has 7 heteroatoms. The van der Waals surface area contributed by atoms with E-state index in [0.717, 1.165) is 15.6 Å². The van der Waals surface area contributed by atoms with Crippen LogP contribution in [-0.4, -0.2) is 27.3 Å². The molecule has 106 valence electrons. The van der Waals surface area contributed by atoms with Crippen LogP contribution < -0.4 is 9.63 Å². The zero-order valence-electron chi connectivity index (χ0n) is 11.2. The minimum Gasteiger partial charge on any atom is -0.618 e. The SMILES string of the molecule is C[C@H]1CN(C(=O)O)c2nc3c[n+]([O-])c4ccccc4c3n21.